The maximum atomic E-state index is 11.7. The van der Waals surface area contributed by atoms with Crippen LogP contribution in [0.5, 0.6) is 0 Å². The molecule has 3 amide bonds. The van der Waals surface area contributed by atoms with Gasteiger partial charge >= 0.3 is 6.03 Å². The summed E-state index contributed by atoms with van der Waals surface area (Å²) in [7, 11) is 0. The van der Waals surface area contributed by atoms with Gasteiger partial charge in [-0.15, -0.1) is 0 Å². The van der Waals surface area contributed by atoms with Crippen LogP contribution in [0.4, 0.5) is 4.79 Å². The molecule has 1 unspecified atom stereocenters. The molecular weight excluding hydrogens is 254 g/mol. The van der Waals surface area contributed by atoms with E-state index >= 15 is 0 Å². The van der Waals surface area contributed by atoms with E-state index in [9.17, 15) is 9.59 Å². The van der Waals surface area contributed by atoms with Crippen molar-refractivity contribution < 1.29 is 9.59 Å². The predicted molar refractivity (Wildman–Crippen MR) is 77.1 cm³/mol. The molecule has 5 heteroatoms. The van der Waals surface area contributed by atoms with Gasteiger partial charge in [-0.05, 0) is 25.3 Å². The molecule has 1 aromatic rings. The van der Waals surface area contributed by atoms with Gasteiger partial charge in [-0.3, -0.25) is 4.79 Å². The molecule has 108 valence electrons. The molecule has 0 spiro atoms. The van der Waals surface area contributed by atoms with Gasteiger partial charge in [0, 0.05) is 19.0 Å². The summed E-state index contributed by atoms with van der Waals surface area (Å²) >= 11 is 0. The average Bonchev–Trinajstić information content (AvgIpc) is 3.29. The monoisotopic (exact) mass is 275 g/mol. The van der Waals surface area contributed by atoms with Crippen LogP contribution in [0, 0.1) is 5.92 Å². The molecular formula is C15H21N3O2. The van der Waals surface area contributed by atoms with Crippen molar-refractivity contribution in [2.45, 2.75) is 25.8 Å². The highest BCUT2D eigenvalue weighted by Gasteiger charge is 2.28. The molecule has 0 saturated heterocycles. The Bertz CT molecular complexity index is 457. The van der Waals surface area contributed by atoms with Crippen LogP contribution in [0.3, 0.4) is 0 Å². The summed E-state index contributed by atoms with van der Waals surface area (Å²) in [6.07, 6.45) is 1.99. The zero-order valence-corrected chi connectivity index (χ0v) is 11.7. The van der Waals surface area contributed by atoms with Crippen LogP contribution in [-0.4, -0.2) is 25.0 Å². The minimum Gasteiger partial charge on any atom is -0.354 e. The van der Waals surface area contributed by atoms with Gasteiger partial charge in [0.25, 0.3) is 0 Å². The number of nitrogens with one attached hydrogen (secondary N) is 3. The van der Waals surface area contributed by atoms with Crippen LogP contribution in [0.2, 0.25) is 0 Å². The van der Waals surface area contributed by atoms with Gasteiger partial charge in [-0.1, -0.05) is 30.3 Å². The number of carbonyl (C=O) groups is 2. The minimum absolute atomic E-state index is 0.0442. The molecule has 0 heterocycles. The molecule has 1 aliphatic carbocycles. The van der Waals surface area contributed by atoms with E-state index in [1.54, 1.807) is 0 Å². The van der Waals surface area contributed by atoms with Crippen LogP contribution in [0.25, 0.3) is 0 Å². The molecule has 1 aliphatic rings. The first-order chi connectivity index (χ1) is 9.66. The third-order valence-electron chi connectivity index (χ3n) is 3.31. The van der Waals surface area contributed by atoms with Gasteiger partial charge in [0.05, 0.1) is 6.04 Å². The normalized spacial score (nSPS) is 15.2. The highest BCUT2D eigenvalue weighted by molar-refractivity contribution is 5.80. The van der Waals surface area contributed by atoms with E-state index in [2.05, 4.69) is 16.0 Å². The Morgan fingerprint density at radius 2 is 1.80 bits per heavy atom. The maximum Gasteiger partial charge on any atom is 0.315 e. The third-order valence-corrected chi connectivity index (χ3v) is 3.31. The molecule has 1 saturated carbocycles. The summed E-state index contributed by atoms with van der Waals surface area (Å²) in [5.41, 5.74) is 1.06. The van der Waals surface area contributed by atoms with Crippen molar-refractivity contribution in [3.63, 3.8) is 0 Å². The van der Waals surface area contributed by atoms with Crippen molar-refractivity contribution in [3.8, 4) is 0 Å². The fourth-order valence-corrected chi connectivity index (χ4v) is 1.92. The second-order valence-electron chi connectivity index (χ2n) is 5.10. The summed E-state index contributed by atoms with van der Waals surface area (Å²) in [5.74, 6) is 0.312. The number of amides is 3. The van der Waals surface area contributed by atoms with Crippen molar-refractivity contribution in [2.24, 2.45) is 5.92 Å². The van der Waals surface area contributed by atoms with Gasteiger partial charge in [-0.2, -0.15) is 0 Å². The largest absolute Gasteiger partial charge is 0.354 e. The molecule has 0 radical (unpaired) electrons. The fraction of sp³-hybridized carbons (Fsp3) is 0.467. The molecule has 1 atom stereocenters. The number of hydrogen-bond donors (Lipinski definition) is 3. The molecule has 0 bridgehead atoms. The van der Waals surface area contributed by atoms with Crippen LogP contribution < -0.4 is 16.0 Å². The second kappa shape index (κ2) is 6.93. The zero-order chi connectivity index (χ0) is 14.4. The minimum atomic E-state index is -0.220. The van der Waals surface area contributed by atoms with Crippen molar-refractivity contribution in [1.29, 1.82) is 0 Å². The van der Waals surface area contributed by atoms with Gasteiger partial charge in [0.15, 0.2) is 0 Å². The Hall–Kier alpha value is -2.04. The smallest absolute Gasteiger partial charge is 0.315 e. The summed E-state index contributed by atoms with van der Waals surface area (Å²) in [4.78, 5) is 23.1. The van der Waals surface area contributed by atoms with E-state index < -0.39 is 0 Å². The van der Waals surface area contributed by atoms with E-state index in [1.807, 2.05) is 37.3 Å². The van der Waals surface area contributed by atoms with E-state index in [4.69, 9.17) is 0 Å². The first-order valence-electron chi connectivity index (χ1n) is 7.04. The number of rotatable bonds is 6. The Balaban J connectivity index is 1.61. The van der Waals surface area contributed by atoms with Crippen molar-refractivity contribution in [2.75, 3.05) is 13.1 Å². The molecule has 0 aromatic heterocycles. The molecule has 1 fully saturated rings. The standard InChI is InChI=1S/C15H21N3O2/c1-11(12-5-3-2-4-6-12)18-15(20)17-10-9-16-14(19)13-7-8-13/h2-6,11,13H,7-10H2,1H3,(H,16,19)(H2,17,18,20). The SMILES string of the molecule is CC(NC(=O)NCCNC(=O)C1CC1)c1ccccc1. The van der Waals surface area contributed by atoms with Crippen LogP contribution >= 0.6 is 0 Å². The first kappa shape index (κ1) is 14.4. The molecule has 20 heavy (non-hydrogen) atoms. The highest BCUT2D eigenvalue weighted by Crippen LogP contribution is 2.28. The molecule has 5 nitrogen and oxygen atoms in total. The summed E-state index contributed by atoms with van der Waals surface area (Å²) in [6.45, 7) is 2.85. The maximum absolute atomic E-state index is 11.7. The number of carbonyl (C=O) groups excluding carboxylic acids is 2. The fourth-order valence-electron chi connectivity index (χ4n) is 1.92. The first-order valence-corrected chi connectivity index (χ1v) is 7.04. The van der Waals surface area contributed by atoms with E-state index in [1.165, 1.54) is 0 Å². The lowest BCUT2D eigenvalue weighted by atomic mass is 10.1. The van der Waals surface area contributed by atoms with E-state index in [0.29, 0.717) is 13.1 Å². The lowest BCUT2D eigenvalue weighted by Gasteiger charge is -2.15. The zero-order valence-electron chi connectivity index (χ0n) is 11.7. The van der Waals surface area contributed by atoms with Crippen molar-refractivity contribution in [3.05, 3.63) is 35.9 Å². The van der Waals surface area contributed by atoms with Crippen molar-refractivity contribution >= 4 is 11.9 Å². The Kier molecular flexibility index (Phi) is 4.98. The Morgan fingerprint density at radius 3 is 2.45 bits per heavy atom. The number of benzene rings is 1. The second-order valence-corrected chi connectivity index (χ2v) is 5.10. The summed E-state index contributed by atoms with van der Waals surface area (Å²) in [5, 5.41) is 8.39. The van der Waals surface area contributed by atoms with Crippen molar-refractivity contribution in [1.82, 2.24) is 16.0 Å². The lowest BCUT2D eigenvalue weighted by Crippen LogP contribution is -2.41. The van der Waals surface area contributed by atoms with Crippen LogP contribution in [0.1, 0.15) is 31.4 Å². The molecule has 3 N–H and O–H groups in total. The van der Waals surface area contributed by atoms with Gasteiger partial charge in [-0.25, -0.2) is 4.79 Å². The van der Waals surface area contributed by atoms with E-state index in [-0.39, 0.29) is 23.9 Å². The van der Waals surface area contributed by atoms with E-state index in [0.717, 1.165) is 18.4 Å². The molecule has 2 rings (SSSR count). The Labute approximate surface area is 119 Å². The van der Waals surface area contributed by atoms with Gasteiger partial charge < -0.3 is 16.0 Å². The topological polar surface area (TPSA) is 70.2 Å². The summed E-state index contributed by atoms with van der Waals surface area (Å²) in [6, 6.07) is 9.51. The lowest BCUT2D eigenvalue weighted by molar-refractivity contribution is -0.122. The Morgan fingerprint density at radius 1 is 1.15 bits per heavy atom. The highest BCUT2D eigenvalue weighted by atomic mass is 16.2. The molecule has 0 aliphatic heterocycles. The van der Waals surface area contributed by atoms with Crippen LogP contribution in [-0.2, 0) is 4.79 Å². The van der Waals surface area contributed by atoms with Gasteiger partial charge in [0.1, 0.15) is 0 Å². The van der Waals surface area contributed by atoms with Gasteiger partial charge in [0.2, 0.25) is 5.91 Å². The molecule has 1 aromatic carbocycles. The predicted octanol–water partition coefficient (Wildman–Crippen LogP) is 1.57. The number of urea groups is 1. The van der Waals surface area contributed by atoms with Crippen LogP contribution in [0.15, 0.2) is 30.3 Å². The third kappa shape index (κ3) is 4.57. The number of hydrogen-bond acceptors (Lipinski definition) is 2. The summed E-state index contributed by atoms with van der Waals surface area (Å²) < 4.78 is 0. The average molecular weight is 275 g/mol. The quantitative estimate of drug-likeness (QED) is 0.690.